The Hall–Kier alpha value is -4.09. The fraction of sp³-hybridized carbons (Fsp3) is 0. The lowest BCUT2D eigenvalue weighted by atomic mass is 10.0. The van der Waals surface area contributed by atoms with Crippen LogP contribution in [0.2, 0.25) is 0 Å². The van der Waals surface area contributed by atoms with Crippen LogP contribution >= 0.6 is 0 Å². The standard InChI is InChI=1S/C20H7F7O5/c21-10-7(6-4-2-1-3-5-6)17(16(27)14(25)13(10)24)32-18-12(23)9(20(30)31)8(19(28)29)11(22)15(18)26/h1-5H,(H,28,29)(H,30,31). The predicted molar refractivity (Wildman–Crippen MR) is 92.0 cm³/mol. The van der Waals surface area contributed by atoms with Crippen molar-refractivity contribution in [1.29, 1.82) is 0 Å². The summed E-state index contributed by atoms with van der Waals surface area (Å²) in [4.78, 5) is 22.3. The molecule has 0 bridgehead atoms. The van der Waals surface area contributed by atoms with Crippen molar-refractivity contribution in [3.8, 4) is 22.6 Å². The van der Waals surface area contributed by atoms with Gasteiger partial charge in [-0.3, -0.25) is 0 Å². The molecule has 3 aromatic rings. The second kappa shape index (κ2) is 8.21. The zero-order chi connectivity index (χ0) is 23.9. The number of halogens is 7. The lowest BCUT2D eigenvalue weighted by Crippen LogP contribution is -2.17. The number of hydrogen-bond donors (Lipinski definition) is 2. The van der Waals surface area contributed by atoms with Gasteiger partial charge in [0.1, 0.15) is 11.1 Å². The van der Waals surface area contributed by atoms with E-state index in [0.717, 1.165) is 12.1 Å². The molecule has 166 valence electrons. The SMILES string of the molecule is O=C(O)c1c(F)c(F)c(Oc2c(F)c(F)c(F)c(F)c2-c2ccccc2)c(F)c1C(=O)O. The van der Waals surface area contributed by atoms with Gasteiger partial charge in [0, 0.05) is 0 Å². The topological polar surface area (TPSA) is 83.8 Å². The average Bonchev–Trinajstić information content (AvgIpc) is 2.75. The number of aromatic carboxylic acids is 2. The molecule has 3 aromatic carbocycles. The first-order valence-electron chi connectivity index (χ1n) is 8.25. The molecule has 0 radical (unpaired) electrons. The van der Waals surface area contributed by atoms with Gasteiger partial charge in [-0.15, -0.1) is 0 Å². The summed E-state index contributed by atoms with van der Waals surface area (Å²) in [6, 6.07) is 6.03. The fourth-order valence-corrected chi connectivity index (χ4v) is 2.80. The van der Waals surface area contributed by atoms with Crippen molar-refractivity contribution in [2.45, 2.75) is 0 Å². The van der Waals surface area contributed by atoms with Crippen LogP contribution in [0.5, 0.6) is 11.5 Å². The van der Waals surface area contributed by atoms with Gasteiger partial charge in [-0.05, 0) is 5.56 Å². The molecule has 0 saturated heterocycles. The van der Waals surface area contributed by atoms with Crippen LogP contribution in [-0.2, 0) is 0 Å². The van der Waals surface area contributed by atoms with Crippen LogP contribution in [0.3, 0.4) is 0 Å². The summed E-state index contributed by atoms with van der Waals surface area (Å²) in [6.45, 7) is 0. The van der Waals surface area contributed by atoms with Crippen LogP contribution in [0.1, 0.15) is 20.7 Å². The first kappa shape index (κ1) is 22.6. The number of rotatable bonds is 5. The number of benzene rings is 3. The molecule has 0 aliphatic rings. The van der Waals surface area contributed by atoms with Gasteiger partial charge in [0.15, 0.2) is 29.0 Å². The fourth-order valence-electron chi connectivity index (χ4n) is 2.80. The third kappa shape index (κ3) is 3.49. The molecule has 3 rings (SSSR count). The lowest BCUT2D eigenvalue weighted by Gasteiger charge is -2.17. The molecule has 0 heterocycles. The number of ether oxygens (including phenoxy) is 1. The summed E-state index contributed by atoms with van der Waals surface area (Å²) in [5, 5.41) is 17.9. The van der Waals surface area contributed by atoms with Crippen molar-refractivity contribution in [3.05, 3.63) is 82.2 Å². The first-order valence-corrected chi connectivity index (χ1v) is 8.25. The van der Waals surface area contributed by atoms with Crippen LogP contribution in [-0.4, -0.2) is 22.2 Å². The smallest absolute Gasteiger partial charge is 0.339 e. The van der Waals surface area contributed by atoms with E-state index in [1.54, 1.807) is 0 Å². The van der Waals surface area contributed by atoms with Crippen LogP contribution in [0.25, 0.3) is 11.1 Å². The van der Waals surface area contributed by atoms with Crippen molar-refractivity contribution in [3.63, 3.8) is 0 Å². The Morgan fingerprint density at radius 3 is 1.59 bits per heavy atom. The molecule has 0 spiro atoms. The Labute approximate surface area is 172 Å². The highest BCUT2D eigenvalue weighted by Gasteiger charge is 2.35. The lowest BCUT2D eigenvalue weighted by molar-refractivity contribution is 0.0640. The van der Waals surface area contributed by atoms with E-state index in [9.17, 15) is 40.3 Å². The van der Waals surface area contributed by atoms with E-state index < -0.39 is 80.8 Å². The van der Waals surface area contributed by atoms with Gasteiger partial charge in [-0.1, -0.05) is 30.3 Å². The quantitative estimate of drug-likeness (QED) is 0.298. The van der Waals surface area contributed by atoms with Crippen LogP contribution in [0, 0.1) is 40.7 Å². The summed E-state index contributed by atoms with van der Waals surface area (Å²) in [5.74, 6) is -24.6. The monoisotopic (exact) mass is 460 g/mol. The van der Waals surface area contributed by atoms with Gasteiger partial charge in [0.05, 0.1) is 5.56 Å². The zero-order valence-corrected chi connectivity index (χ0v) is 15.2. The Balaban J connectivity index is 2.38. The van der Waals surface area contributed by atoms with Gasteiger partial charge < -0.3 is 14.9 Å². The predicted octanol–water partition coefficient (Wildman–Crippen LogP) is 5.52. The molecular weight excluding hydrogens is 453 g/mol. The third-order valence-electron chi connectivity index (χ3n) is 4.20. The molecule has 5 nitrogen and oxygen atoms in total. The highest BCUT2D eigenvalue weighted by molar-refractivity contribution is 6.02. The van der Waals surface area contributed by atoms with Gasteiger partial charge in [0.25, 0.3) is 0 Å². The summed E-state index contributed by atoms with van der Waals surface area (Å²) < 4.78 is 104. The molecule has 0 saturated carbocycles. The molecule has 0 aliphatic carbocycles. The van der Waals surface area contributed by atoms with Gasteiger partial charge in [0.2, 0.25) is 23.2 Å². The Kier molecular flexibility index (Phi) is 5.80. The maximum atomic E-state index is 14.7. The number of hydrogen-bond acceptors (Lipinski definition) is 3. The third-order valence-corrected chi connectivity index (χ3v) is 4.20. The first-order chi connectivity index (χ1) is 15.0. The molecule has 0 fully saturated rings. The normalized spacial score (nSPS) is 10.8. The molecule has 2 N–H and O–H groups in total. The van der Waals surface area contributed by atoms with Crippen molar-refractivity contribution >= 4 is 11.9 Å². The number of carboxylic acid groups (broad SMARTS) is 2. The molecule has 0 aliphatic heterocycles. The summed E-state index contributed by atoms with van der Waals surface area (Å²) in [5.41, 5.74) is -5.35. The van der Waals surface area contributed by atoms with E-state index in [2.05, 4.69) is 4.74 Å². The molecule has 12 heteroatoms. The second-order valence-electron chi connectivity index (χ2n) is 6.06. The van der Waals surface area contributed by atoms with Crippen molar-refractivity contribution in [2.24, 2.45) is 0 Å². The minimum absolute atomic E-state index is 0.361. The van der Waals surface area contributed by atoms with Crippen molar-refractivity contribution in [1.82, 2.24) is 0 Å². The summed E-state index contributed by atoms with van der Waals surface area (Å²) in [6.07, 6.45) is 0. The average molecular weight is 460 g/mol. The largest absolute Gasteiger partial charge is 0.478 e. The Morgan fingerprint density at radius 2 is 1.06 bits per heavy atom. The van der Waals surface area contributed by atoms with Crippen LogP contribution in [0.4, 0.5) is 30.7 Å². The van der Waals surface area contributed by atoms with E-state index in [0.29, 0.717) is 0 Å². The molecular formula is C20H7F7O5. The van der Waals surface area contributed by atoms with E-state index in [4.69, 9.17) is 10.2 Å². The maximum absolute atomic E-state index is 14.7. The van der Waals surface area contributed by atoms with Gasteiger partial charge in [-0.25, -0.2) is 31.5 Å². The summed E-state index contributed by atoms with van der Waals surface area (Å²) >= 11 is 0. The van der Waals surface area contributed by atoms with E-state index in [-0.39, 0.29) is 5.56 Å². The van der Waals surface area contributed by atoms with E-state index >= 15 is 0 Å². The highest BCUT2D eigenvalue weighted by atomic mass is 19.2. The second-order valence-corrected chi connectivity index (χ2v) is 6.06. The molecule has 32 heavy (non-hydrogen) atoms. The van der Waals surface area contributed by atoms with Crippen molar-refractivity contribution in [2.75, 3.05) is 0 Å². The van der Waals surface area contributed by atoms with Gasteiger partial charge >= 0.3 is 11.9 Å². The number of carbonyl (C=O) groups is 2. The van der Waals surface area contributed by atoms with Gasteiger partial charge in [-0.2, -0.15) is 8.78 Å². The Bertz CT molecular complexity index is 1280. The highest BCUT2D eigenvalue weighted by Crippen LogP contribution is 2.42. The van der Waals surface area contributed by atoms with E-state index in [1.165, 1.54) is 18.2 Å². The van der Waals surface area contributed by atoms with Crippen LogP contribution in [0.15, 0.2) is 30.3 Å². The van der Waals surface area contributed by atoms with E-state index in [1.807, 2.05) is 0 Å². The van der Waals surface area contributed by atoms with Crippen LogP contribution < -0.4 is 4.74 Å². The number of carboxylic acids is 2. The zero-order valence-electron chi connectivity index (χ0n) is 15.2. The minimum Gasteiger partial charge on any atom is -0.478 e. The molecule has 0 aromatic heterocycles. The molecule has 0 amide bonds. The Morgan fingerprint density at radius 1 is 0.594 bits per heavy atom. The molecule has 0 unspecified atom stereocenters. The summed E-state index contributed by atoms with van der Waals surface area (Å²) in [7, 11) is 0. The molecule has 0 atom stereocenters. The maximum Gasteiger partial charge on any atom is 0.339 e. The van der Waals surface area contributed by atoms with Crippen molar-refractivity contribution < 1.29 is 55.3 Å². The minimum atomic E-state index is -2.45.